The van der Waals surface area contributed by atoms with Crippen molar-refractivity contribution >= 4 is 7.48 Å². The lowest BCUT2D eigenvalue weighted by Crippen LogP contribution is -2.67. The summed E-state index contributed by atoms with van der Waals surface area (Å²) in [6.45, 7) is 7.25. The molecule has 5 rings (SSSR count). The Labute approximate surface area is 139 Å². The first-order valence-electron chi connectivity index (χ1n) is 8.82. The van der Waals surface area contributed by atoms with E-state index in [1.54, 1.807) is 0 Å². The van der Waals surface area contributed by atoms with E-state index in [-0.39, 0.29) is 11.5 Å². The van der Waals surface area contributed by atoms with Gasteiger partial charge in [0.15, 0.2) is 0 Å². The molecule has 1 N–H and O–H groups in total. The van der Waals surface area contributed by atoms with Crippen molar-refractivity contribution in [2.24, 2.45) is 17.3 Å². The number of hydrogen-bond donors (Lipinski definition) is 1. The number of hydrogen-bond acceptors (Lipinski definition) is 3. The molecule has 1 aromatic carbocycles. The third-order valence-corrected chi connectivity index (χ3v) is 6.77. The van der Waals surface area contributed by atoms with Crippen LogP contribution in [0.15, 0.2) is 24.3 Å². The Kier molecular flexibility index (Phi) is 3.55. The first-order chi connectivity index (χ1) is 10.9. The SMILES string of the molecule is CC1(C)[C@@H]2C[C@@H](O[B]CC3COc4ccccc43)[C@@](C)(O)[C@H]1C2. The molecule has 2 bridgehead atoms. The summed E-state index contributed by atoms with van der Waals surface area (Å²) >= 11 is 0. The number of ether oxygens (including phenoxy) is 1. The van der Waals surface area contributed by atoms with Gasteiger partial charge in [-0.05, 0) is 55.0 Å². The van der Waals surface area contributed by atoms with Gasteiger partial charge in [-0.2, -0.15) is 0 Å². The zero-order chi connectivity index (χ0) is 16.2. The Bertz CT molecular complexity index is 598. The zero-order valence-corrected chi connectivity index (χ0v) is 14.3. The summed E-state index contributed by atoms with van der Waals surface area (Å²) in [5, 5.41) is 11.0. The summed E-state index contributed by atoms with van der Waals surface area (Å²) in [6.07, 6.45) is 2.87. The molecule has 1 aliphatic heterocycles. The molecule has 5 atom stereocenters. The number of fused-ring (bicyclic) bond motifs is 3. The fourth-order valence-electron chi connectivity index (χ4n) is 5.03. The third-order valence-electron chi connectivity index (χ3n) is 6.77. The molecule has 4 aliphatic rings. The van der Waals surface area contributed by atoms with Crippen molar-refractivity contribution in [3.63, 3.8) is 0 Å². The highest BCUT2D eigenvalue weighted by atomic mass is 16.5. The molecular weight excluding hydrogens is 287 g/mol. The van der Waals surface area contributed by atoms with Gasteiger partial charge < -0.3 is 14.5 Å². The molecule has 1 heterocycles. The monoisotopic (exact) mass is 313 g/mol. The molecule has 123 valence electrons. The maximum Gasteiger partial charge on any atom is 0.293 e. The van der Waals surface area contributed by atoms with Crippen LogP contribution >= 0.6 is 0 Å². The normalized spacial score (nSPS) is 40.0. The van der Waals surface area contributed by atoms with E-state index in [0.29, 0.717) is 17.8 Å². The highest BCUT2D eigenvalue weighted by Crippen LogP contribution is 2.63. The summed E-state index contributed by atoms with van der Waals surface area (Å²) in [7, 11) is 1.91. The minimum atomic E-state index is -0.723. The van der Waals surface area contributed by atoms with Gasteiger partial charge >= 0.3 is 0 Å². The predicted molar refractivity (Wildman–Crippen MR) is 90.7 cm³/mol. The maximum atomic E-state index is 11.0. The molecule has 0 amide bonds. The van der Waals surface area contributed by atoms with E-state index < -0.39 is 5.60 Å². The predicted octanol–water partition coefficient (Wildman–Crippen LogP) is 3.40. The van der Waals surface area contributed by atoms with Crippen LogP contribution in [0.5, 0.6) is 5.75 Å². The average Bonchev–Trinajstić information content (AvgIpc) is 2.91. The van der Waals surface area contributed by atoms with E-state index in [0.717, 1.165) is 31.5 Å². The quantitative estimate of drug-likeness (QED) is 0.866. The van der Waals surface area contributed by atoms with Crippen molar-refractivity contribution in [3.05, 3.63) is 29.8 Å². The summed E-state index contributed by atoms with van der Waals surface area (Å²) in [6, 6.07) is 8.23. The second kappa shape index (κ2) is 5.25. The maximum absolute atomic E-state index is 11.0. The first-order valence-corrected chi connectivity index (χ1v) is 8.82. The number of aliphatic hydroxyl groups is 1. The first kappa shape index (κ1) is 15.5. The van der Waals surface area contributed by atoms with Crippen LogP contribution < -0.4 is 4.74 Å². The van der Waals surface area contributed by atoms with Crippen LogP contribution in [0.1, 0.15) is 45.1 Å². The summed E-state index contributed by atoms with van der Waals surface area (Å²) in [4.78, 5) is 0. The fraction of sp³-hybridized carbons (Fsp3) is 0.684. The Morgan fingerprint density at radius 3 is 2.78 bits per heavy atom. The van der Waals surface area contributed by atoms with Crippen LogP contribution in [0, 0.1) is 17.3 Å². The van der Waals surface area contributed by atoms with Crippen molar-refractivity contribution in [1.29, 1.82) is 0 Å². The molecule has 0 saturated heterocycles. The molecular formula is C19H26BO3. The molecule has 3 nitrogen and oxygen atoms in total. The van der Waals surface area contributed by atoms with Crippen LogP contribution in [0.25, 0.3) is 0 Å². The second-order valence-electron chi connectivity index (χ2n) is 8.34. The minimum Gasteiger partial charge on any atom is -0.493 e. The number of benzene rings is 1. The van der Waals surface area contributed by atoms with Gasteiger partial charge in [0.2, 0.25) is 0 Å². The second-order valence-corrected chi connectivity index (χ2v) is 8.34. The minimum absolute atomic E-state index is 0.0724. The van der Waals surface area contributed by atoms with Crippen LogP contribution in [-0.2, 0) is 4.65 Å². The molecule has 0 spiro atoms. The zero-order valence-electron chi connectivity index (χ0n) is 14.3. The molecule has 23 heavy (non-hydrogen) atoms. The van der Waals surface area contributed by atoms with Crippen LogP contribution in [0.3, 0.4) is 0 Å². The van der Waals surface area contributed by atoms with E-state index in [9.17, 15) is 5.11 Å². The topological polar surface area (TPSA) is 38.7 Å². The number of rotatable bonds is 4. The van der Waals surface area contributed by atoms with Gasteiger partial charge in [-0.3, -0.25) is 0 Å². The molecule has 4 heteroatoms. The Morgan fingerprint density at radius 1 is 1.26 bits per heavy atom. The van der Waals surface area contributed by atoms with Crippen molar-refractivity contribution in [1.82, 2.24) is 0 Å². The van der Waals surface area contributed by atoms with Gasteiger partial charge in [-0.25, -0.2) is 0 Å². The van der Waals surface area contributed by atoms with Gasteiger partial charge in [0.25, 0.3) is 7.48 Å². The van der Waals surface area contributed by atoms with Gasteiger partial charge in [-0.1, -0.05) is 32.0 Å². The van der Waals surface area contributed by atoms with Gasteiger partial charge in [0, 0.05) is 5.92 Å². The smallest absolute Gasteiger partial charge is 0.293 e. The van der Waals surface area contributed by atoms with E-state index >= 15 is 0 Å². The highest BCUT2D eigenvalue weighted by molar-refractivity contribution is 6.27. The van der Waals surface area contributed by atoms with Crippen LogP contribution in [-0.4, -0.2) is 30.9 Å². The van der Waals surface area contributed by atoms with Crippen molar-refractivity contribution in [2.75, 3.05) is 6.61 Å². The Balaban J connectivity index is 1.34. The Hall–Kier alpha value is -0.995. The molecule has 1 radical (unpaired) electrons. The van der Waals surface area contributed by atoms with Crippen molar-refractivity contribution < 1.29 is 14.5 Å². The van der Waals surface area contributed by atoms with Crippen LogP contribution in [0.2, 0.25) is 6.32 Å². The molecule has 3 saturated carbocycles. The van der Waals surface area contributed by atoms with Crippen molar-refractivity contribution in [3.8, 4) is 5.75 Å². The van der Waals surface area contributed by atoms with Gasteiger partial charge in [-0.15, -0.1) is 0 Å². The fourth-order valence-corrected chi connectivity index (χ4v) is 5.03. The summed E-state index contributed by atoms with van der Waals surface area (Å²) in [5.74, 6) is 2.40. The lowest BCUT2D eigenvalue weighted by molar-refractivity contribution is -0.238. The largest absolute Gasteiger partial charge is 0.493 e. The van der Waals surface area contributed by atoms with E-state index in [1.807, 2.05) is 26.5 Å². The molecule has 3 fully saturated rings. The van der Waals surface area contributed by atoms with Gasteiger partial charge in [0.1, 0.15) is 5.75 Å². The lowest BCUT2D eigenvalue weighted by atomic mass is 9.43. The summed E-state index contributed by atoms with van der Waals surface area (Å²) < 4.78 is 11.8. The third kappa shape index (κ3) is 2.33. The molecule has 1 unspecified atom stereocenters. The number of para-hydroxylation sites is 1. The molecule has 1 aromatic rings. The van der Waals surface area contributed by atoms with E-state index in [1.165, 1.54) is 5.56 Å². The lowest BCUT2D eigenvalue weighted by Gasteiger charge is -2.65. The van der Waals surface area contributed by atoms with Gasteiger partial charge in [0.05, 0.1) is 18.3 Å². The molecule has 3 aliphatic carbocycles. The molecule has 0 aromatic heterocycles. The standard InChI is InChI=1S/C19H26BO3/c1-18(2)13-8-16(18)19(3,21)17(9-13)23-20-10-12-11-22-15-7-5-4-6-14(12)15/h4-7,12-13,16-17,21H,8-11H2,1-3H3/t12?,13-,16-,17+,19-/m0/s1. The van der Waals surface area contributed by atoms with E-state index in [2.05, 4.69) is 26.0 Å². The highest BCUT2D eigenvalue weighted by Gasteiger charge is 2.63. The Morgan fingerprint density at radius 2 is 2.04 bits per heavy atom. The van der Waals surface area contributed by atoms with Crippen molar-refractivity contribution in [2.45, 2.75) is 57.6 Å². The van der Waals surface area contributed by atoms with Crippen LogP contribution in [0.4, 0.5) is 0 Å². The average molecular weight is 313 g/mol. The summed E-state index contributed by atoms with van der Waals surface area (Å²) in [5.41, 5.74) is 0.798. The van der Waals surface area contributed by atoms with E-state index in [4.69, 9.17) is 9.39 Å².